The Labute approximate surface area is 153 Å². The minimum atomic E-state index is -0.223. The van der Waals surface area contributed by atoms with E-state index in [2.05, 4.69) is 41.2 Å². The van der Waals surface area contributed by atoms with Gasteiger partial charge in [-0.05, 0) is 36.2 Å². The number of thiophene rings is 1. The van der Waals surface area contributed by atoms with Crippen LogP contribution in [0, 0.1) is 12.7 Å². The van der Waals surface area contributed by atoms with Gasteiger partial charge in [0.15, 0.2) is 0 Å². The highest BCUT2D eigenvalue weighted by atomic mass is 32.2. The van der Waals surface area contributed by atoms with Crippen LogP contribution >= 0.6 is 23.1 Å². The molecular weight excluding hydrogens is 351 g/mol. The van der Waals surface area contributed by atoms with E-state index in [1.807, 2.05) is 6.07 Å². The van der Waals surface area contributed by atoms with Crippen molar-refractivity contribution in [1.29, 1.82) is 0 Å². The first-order valence-electron chi connectivity index (χ1n) is 7.88. The molecule has 2 heterocycles. The van der Waals surface area contributed by atoms with E-state index in [1.165, 1.54) is 23.3 Å². The van der Waals surface area contributed by atoms with E-state index in [4.69, 9.17) is 0 Å². The van der Waals surface area contributed by atoms with Crippen LogP contribution in [0.25, 0.3) is 20.7 Å². The van der Waals surface area contributed by atoms with Crippen molar-refractivity contribution in [1.82, 2.24) is 9.97 Å². The predicted octanol–water partition coefficient (Wildman–Crippen LogP) is 6.10. The van der Waals surface area contributed by atoms with Crippen LogP contribution in [-0.2, 0) is 5.75 Å². The van der Waals surface area contributed by atoms with E-state index in [0.29, 0.717) is 0 Å². The lowest BCUT2D eigenvalue weighted by molar-refractivity contribution is 0.628. The van der Waals surface area contributed by atoms with Gasteiger partial charge in [-0.2, -0.15) is 0 Å². The fourth-order valence-corrected chi connectivity index (χ4v) is 4.79. The summed E-state index contributed by atoms with van der Waals surface area (Å²) in [6, 6.07) is 17.1. The van der Waals surface area contributed by atoms with E-state index in [-0.39, 0.29) is 5.82 Å². The normalized spacial score (nSPS) is 11.1. The third kappa shape index (κ3) is 3.57. The molecule has 4 rings (SSSR count). The molecule has 0 spiro atoms. The number of fused-ring (bicyclic) bond motifs is 1. The number of thioether (sulfide) groups is 1. The van der Waals surface area contributed by atoms with Crippen LogP contribution in [0.2, 0.25) is 0 Å². The molecule has 25 heavy (non-hydrogen) atoms. The number of aryl methyl sites for hydroxylation is 1. The van der Waals surface area contributed by atoms with Gasteiger partial charge in [-0.15, -0.1) is 23.1 Å². The van der Waals surface area contributed by atoms with Crippen LogP contribution in [0.3, 0.4) is 0 Å². The van der Waals surface area contributed by atoms with Gasteiger partial charge in [0.2, 0.25) is 0 Å². The number of hydrogen-bond acceptors (Lipinski definition) is 4. The highest BCUT2D eigenvalue weighted by Gasteiger charge is 2.11. The SMILES string of the molecule is Cc1cccc(CSc2ncnc3cc(-c4ccc(F)cc4)sc23)c1. The summed E-state index contributed by atoms with van der Waals surface area (Å²) in [5.74, 6) is 0.649. The summed E-state index contributed by atoms with van der Waals surface area (Å²) >= 11 is 3.37. The molecule has 0 amide bonds. The van der Waals surface area contributed by atoms with Gasteiger partial charge in [-0.25, -0.2) is 14.4 Å². The van der Waals surface area contributed by atoms with E-state index < -0.39 is 0 Å². The highest BCUT2D eigenvalue weighted by molar-refractivity contribution is 7.98. The van der Waals surface area contributed by atoms with Crippen LogP contribution in [-0.4, -0.2) is 9.97 Å². The fourth-order valence-electron chi connectivity index (χ4n) is 2.65. The second-order valence-corrected chi connectivity index (χ2v) is 7.80. The highest BCUT2D eigenvalue weighted by Crippen LogP contribution is 2.37. The van der Waals surface area contributed by atoms with Crippen molar-refractivity contribution >= 4 is 33.3 Å². The standard InChI is InChI=1S/C20H15FN2S2/c1-13-3-2-4-14(9-13)11-24-20-19-17(22-12-23-20)10-18(25-19)15-5-7-16(21)8-6-15/h2-10,12H,11H2,1H3. The molecule has 0 aliphatic heterocycles. The number of hydrogen-bond donors (Lipinski definition) is 0. The molecule has 5 heteroatoms. The van der Waals surface area contributed by atoms with Crippen LogP contribution < -0.4 is 0 Å². The van der Waals surface area contributed by atoms with E-state index >= 15 is 0 Å². The number of rotatable bonds is 4. The summed E-state index contributed by atoms with van der Waals surface area (Å²) in [5, 5.41) is 0.991. The Morgan fingerprint density at radius 2 is 1.88 bits per heavy atom. The lowest BCUT2D eigenvalue weighted by atomic mass is 10.2. The molecule has 2 nitrogen and oxygen atoms in total. The second-order valence-electron chi connectivity index (χ2n) is 5.79. The average molecular weight is 366 g/mol. The summed E-state index contributed by atoms with van der Waals surface area (Å²) in [4.78, 5) is 9.93. The maximum Gasteiger partial charge on any atom is 0.123 e. The van der Waals surface area contributed by atoms with Crippen molar-refractivity contribution in [3.8, 4) is 10.4 Å². The van der Waals surface area contributed by atoms with Crippen LogP contribution in [0.5, 0.6) is 0 Å². The smallest absolute Gasteiger partial charge is 0.123 e. The maximum atomic E-state index is 13.1. The number of halogens is 1. The average Bonchev–Trinajstić information content (AvgIpc) is 3.05. The zero-order valence-corrected chi connectivity index (χ0v) is 15.2. The van der Waals surface area contributed by atoms with E-state index in [9.17, 15) is 4.39 Å². The Morgan fingerprint density at radius 1 is 1.04 bits per heavy atom. The monoisotopic (exact) mass is 366 g/mol. The van der Waals surface area contributed by atoms with Gasteiger partial charge in [0, 0.05) is 10.6 Å². The molecule has 2 aromatic carbocycles. The van der Waals surface area contributed by atoms with Gasteiger partial charge in [0.25, 0.3) is 0 Å². The third-order valence-corrected chi connectivity index (χ3v) is 6.24. The molecule has 0 aliphatic carbocycles. The molecule has 4 aromatic rings. The van der Waals surface area contributed by atoms with E-state index in [0.717, 1.165) is 31.4 Å². The van der Waals surface area contributed by atoms with Gasteiger partial charge in [-0.1, -0.05) is 42.0 Å². The van der Waals surface area contributed by atoms with E-state index in [1.54, 1.807) is 41.6 Å². The van der Waals surface area contributed by atoms with Crippen LogP contribution in [0.4, 0.5) is 4.39 Å². The molecule has 2 aromatic heterocycles. The summed E-state index contributed by atoms with van der Waals surface area (Å²) < 4.78 is 14.2. The van der Waals surface area contributed by atoms with Crippen molar-refractivity contribution in [3.05, 3.63) is 77.9 Å². The Balaban J connectivity index is 1.64. The maximum absolute atomic E-state index is 13.1. The first-order valence-corrected chi connectivity index (χ1v) is 9.68. The molecule has 0 radical (unpaired) electrons. The molecule has 0 fully saturated rings. The number of nitrogens with zero attached hydrogens (tertiary/aromatic N) is 2. The molecule has 0 N–H and O–H groups in total. The predicted molar refractivity (Wildman–Crippen MR) is 104 cm³/mol. The third-order valence-electron chi connectivity index (χ3n) is 3.87. The van der Waals surface area contributed by atoms with Crippen molar-refractivity contribution in [2.24, 2.45) is 0 Å². The molecule has 0 saturated carbocycles. The lowest BCUT2D eigenvalue weighted by Gasteiger charge is -2.03. The number of benzene rings is 2. The molecule has 124 valence electrons. The van der Waals surface area contributed by atoms with Crippen LogP contribution in [0.15, 0.2) is 66.0 Å². The Kier molecular flexibility index (Phi) is 4.51. The molecule has 0 unspecified atom stereocenters. The summed E-state index contributed by atoms with van der Waals surface area (Å²) in [6.45, 7) is 2.10. The Morgan fingerprint density at radius 3 is 2.68 bits per heavy atom. The van der Waals surface area contributed by atoms with Crippen molar-refractivity contribution in [2.75, 3.05) is 0 Å². The molecule has 0 aliphatic rings. The fraction of sp³-hybridized carbons (Fsp3) is 0.100. The van der Waals surface area contributed by atoms with Crippen molar-refractivity contribution in [3.63, 3.8) is 0 Å². The number of aromatic nitrogens is 2. The minimum absolute atomic E-state index is 0.223. The summed E-state index contributed by atoms with van der Waals surface area (Å²) in [5.41, 5.74) is 4.48. The lowest BCUT2D eigenvalue weighted by Crippen LogP contribution is -1.85. The minimum Gasteiger partial charge on any atom is -0.235 e. The summed E-state index contributed by atoms with van der Waals surface area (Å²) in [6.07, 6.45) is 1.61. The summed E-state index contributed by atoms with van der Waals surface area (Å²) in [7, 11) is 0. The first kappa shape index (κ1) is 16.2. The van der Waals surface area contributed by atoms with Crippen LogP contribution in [0.1, 0.15) is 11.1 Å². The van der Waals surface area contributed by atoms with Gasteiger partial charge < -0.3 is 0 Å². The van der Waals surface area contributed by atoms with Gasteiger partial charge in [-0.3, -0.25) is 0 Å². The molecule has 0 saturated heterocycles. The van der Waals surface area contributed by atoms with Gasteiger partial charge in [0.05, 0.1) is 10.2 Å². The van der Waals surface area contributed by atoms with Crippen molar-refractivity contribution < 1.29 is 4.39 Å². The molecule has 0 atom stereocenters. The molecular formula is C20H15FN2S2. The second kappa shape index (κ2) is 6.94. The molecule has 0 bridgehead atoms. The van der Waals surface area contributed by atoms with Gasteiger partial charge in [0.1, 0.15) is 17.2 Å². The Bertz CT molecular complexity index is 1030. The van der Waals surface area contributed by atoms with Crippen molar-refractivity contribution in [2.45, 2.75) is 17.7 Å². The zero-order chi connectivity index (χ0) is 17.2. The first-order chi connectivity index (χ1) is 12.2. The quantitative estimate of drug-likeness (QED) is 0.322. The zero-order valence-electron chi connectivity index (χ0n) is 13.6. The Hall–Kier alpha value is -2.24. The largest absolute Gasteiger partial charge is 0.235 e. The van der Waals surface area contributed by atoms with Gasteiger partial charge >= 0.3 is 0 Å². The topological polar surface area (TPSA) is 25.8 Å².